The van der Waals surface area contributed by atoms with Gasteiger partial charge in [-0.3, -0.25) is 9.80 Å². The number of piperazine rings is 1. The molecule has 0 bridgehead atoms. The van der Waals surface area contributed by atoms with Gasteiger partial charge in [0.1, 0.15) is 0 Å². The molecule has 2 atom stereocenters. The number of hydrogen-bond acceptors (Lipinski definition) is 3. The maximum absolute atomic E-state index is 6.44. The van der Waals surface area contributed by atoms with Crippen molar-refractivity contribution in [2.24, 2.45) is 5.73 Å². The quantitative estimate of drug-likeness (QED) is 0.916. The van der Waals surface area contributed by atoms with Crippen molar-refractivity contribution in [3.8, 4) is 0 Å². The van der Waals surface area contributed by atoms with Crippen LogP contribution in [-0.2, 0) is 0 Å². The molecular formula is C17H27N3. The zero-order valence-corrected chi connectivity index (χ0v) is 12.6. The maximum atomic E-state index is 6.44. The first kappa shape index (κ1) is 14.1. The monoisotopic (exact) mass is 273 g/mol. The Hall–Kier alpha value is -0.900. The van der Waals surface area contributed by atoms with E-state index in [4.69, 9.17) is 5.73 Å². The van der Waals surface area contributed by atoms with Crippen molar-refractivity contribution in [2.45, 2.75) is 38.3 Å². The lowest BCUT2D eigenvalue weighted by atomic mass is 9.98. The summed E-state index contributed by atoms with van der Waals surface area (Å²) in [5.41, 5.74) is 9.06. The van der Waals surface area contributed by atoms with Gasteiger partial charge in [0, 0.05) is 38.3 Å². The molecule has 3 heteroatoms. The van der Waals surface area contributed by atoms with Crippen molar-refractivity contribution in [3.63, 3.8) is 0 Å². The van der Waals surface area contributed by atoms with Gasteiger partial charge in [0.05, 0.1) is 0 Å². The van der Waals surface area contributed by atoms with E-state index >= 15 is 0 Å². The van der Waals surface area contributed by atoms with Gasteiger partial charge in [0.25, 0.3) is 0 Å². The maximum Gasteiger partial charge on any atom is 0.0426 e. The lowest BCUT2D eigenvalue weighted by Crippen LogP contribution is -2.55. The smallest absolute Gasteiger partial charge is 0.0426 e. The van der Waals surface area contributed by atoms with Crippen molar-refractivity contribution in [1.82, 2.24) is 9.80 Å². The summed E-state index contributed by atoms with van der Waals surface area (Å²) >= 11 is 0. The fraction of sp³-hybridized carbons (Fsp3) is 0.647. The van der Waals surface area contributed by atoms with Crippen LogP contribution < -0.4 is 5.73 Å². The number of nitrogens with two attached hydrogens (primary N) is 1. The molecule has 0 spiro atoms. The molecule has 2 unspecified atom stereocenters. The number of benzene rings is 1. The van der Waals surface area contributed by atoms with Crippen LogP contribution >= 0.6 is 0 Å². The van der Waals surface area contributed by atoms with E-state index in [2.05, 4.69) is 41.0 Å². The molecule has 1 aromatic carbocycles. The highest BCUT2D eigenvalue weighted by atomic mass is 15.3. The minimum atomic E-state index is 0.145. The highest BCUT2D eigenvalue weighted by molar-refractivity contribution is 5.28. The van der Waals surface area contributed by atoms with Gasteiger partial charge >= 0.3 is 0 Å². The van der Waals surface area contributed by atoms with Crippen LogP contribution in [0.5, 0.6) is 0 Å². The normalized spacial score (nSPS) is 26.2. The van der Waals surface area contributed by atoms with Crippen LogP contribution in [-0.4, -0.2) is 48.6 Å². The molecule has 2 saturated heterocycles. The molecule has 0 aromatic heterocycles. The molecule has 2 fully saturated rings. The number of nitrogens with zero attached hydrogens (tertiary/aromatic N) is 2. The predicted molar refractivity (Wildman–Crippen MR) is 83.8 cm³/mol. The van der Waals surface area contributed by atoms with Crippen LogP contribution in [0, 0.1) is 6.92 Å². The summed E-state index contributed by atoms with van der Waals surface area (Å²) in [6, 6.07) is 9.45. The lowest BCUT2D eigenvalue weighted by molar-refractivity contribution is 0.0466. The molecule has 20 heavy (non-hydrogen) atoms. The minimum Gasteiger partial charge on any atom is -0.323 e. The molecule has 2 N–H and O–H groups in total. The summed E-state index contributed by atoms with van der Waals surface area (Å²) in [6.45, 7) is 8.08. The Labute approximate surface area is 122 Å². The van der Waals surface area contributed by atoms with Crippen molar-refractivity contribution >= 4 is 0 Å². The first-order chi connectivity index (χ1) is 9.74. The molecule has 3 rings (SSSR count). The molecule has 0 aliphatic carbocycles. The van der Waals surface area contributed by atoms with Gasteiger partial charge in [-0.15, -0.1) is 0 Å². The van der Waals surface area contributed by atoms with E-state index in [9.17, 15) is 0 Å². The van der Waals surface area contributed by atoms with E-state index in [1.165, 1.54) is 56.6 Å². The molecular weight excluding hydrogens is 246 g/mol. The third kappa shape index (κ3) is 3.05. The Kier molecular flexibility index (Phi) is 4.39. The summed E-state index contributed by atoms with van der Waals surface area (Å²) in [7, 11) is 0. The molecule has 2 aliphatic heterocycles. The Balaban J connectivity index is 1.59. The number of fused-ring (bicyclic) bond motifs is 1. The fourth-order valence-electron chi connectivity index (χ4n) is 3.77. The second-order valence-electron chi connectivity index (χ2n) is 6.41. The van der Waals surface area contributed by atoms with E-state index < -0.39 is 0 Å². The van der Waals surface area contributed by atoms with Gasteiger partial charge in [0.15, 0.2) is 0 Å². The second-order valence-corrected chi connectivity index (χ2v) is 6.41. The molecule has 2 heterocycles. The highest BCUT2D eigenvalue weighted by Gasteiger charge is 2.29. The first-order valence-corrected chi connectivity index (χ1v) is 8.01. The fourth-order valence-corrected chi connectivity index (χ4v) is 3.77. The van der Waals surface area contributed by atoms with E-state index in [1.54, 1.807) is 0 Å². The van der Waals surface area contributed by atoms with Gasteiger partial charge in [-0.05, 0) is 37.4 Å². The third-order valence-electron chi connectivity index (χ3n) is 4.96. The predicted octanol–water partition coefficient (Wildman–Crippen LogP) is 2.16. The molecule has 0 radical (unpaired) electrons. The average Bonchev–Trinajstić information content (AvgIpc) is 2.47. The number of rotatable bonds is 3. The van der Waals surface area contributed by atoms with Crippen LogP contribution in [0.1, 0.15) is 36.4 Å². The van der Waals surface area contributed by atoms with Crippen LogP contribution in [0.25, 0.3) is 0 Å². The summed E-state index contributed by atoms with van der Waals surface area (Å²) in [5, 5.41) is 0. The Morgan fingerprint density at radius 1 is 1.20 bits per heavy atom. The molecule has 0 amide bonds. The highest BCUT2D eigenvalue weighted by Crippen LogP contribution is 2.23. The van der Waals surface area contributed by atoms with Crippen molar-refractivity contribution in [3.05, 3.63) is 35.4 Å². The van der Waals surface area contributed by atoms with Crippen LogP contribution in [0.2, 0.25) is 0 Å². The van der Waals surface area contributed by atoms with E-state index in [-0.39, 0.29) is 6.04 Å². The van der Waals surface area contributed by atoms with Gasteiger partial charge < -0.3 is 5.73 Å². The van der Waals surface area contributed by atoms with Crippen LogP contribution in [0.15, 0.2) is 24.3 Å². The lowest BCUT2D eigenvalue weighted by Gasteiger charge is -2.44. The molecule has 2 aliphatic rings. The van der Waals surface area contributed by atoms with Gasteiger partial charge in [0.2, 0.25) is 0 Å². The second kappa shape index (κ2) is 6.25. The zero-order chi connectivity index (χ0) is 13.9. The van der Waals surface area contributed by atoms with Crippen molar-refractivity contribution in [2.75, 3.05) is 32.7 Å². The minimum absolute atomic E-state index is 0.145. The molecule has 0 saturated carbocycles. The Morgan fingerprint density at radius 3 is 2.90 bits per heavy atom. The third-order valence-corrected chi connectivity index (χ3v) is 4.96. The van der Waals surface area contributed by atoms with Crippen molar-refractivity contribution < 1.29 is 0 Å². The largest absolute Gasteiger partial charge is 0.323 e. The molecule has 3 nitrogen and oxygen atoms in total. The number of hydrogen-bond donors (Lipinski definition) is 1. The first-order valence-electron chi connectivity index (χ1n) is 8.01. The SMILES string of the molecule is Cc1ccccc1C(N)CN1CCN2CCCCC2C1. The van der Waals surface area contributed by atoms with Gasteiger partial charge in [-0.25, -0.2) is 0 Å². The van der Waals surface area contributed by atoms with E-state index in [0.29, 0.717) is 0 Å². The van der Waals surface area contributed by atoms with Crippen LogP contribution in [0.3, 0.4) is 0 Å². The number of aryl methyl sites for hydroxylation is 1. The zero-order valence-electron chi connectivity index (χ0n) is 12.6. The molecule has 110 valence electrons. The summed E-state index contributed by atoms with van der Waals surface area (Å²) < 4.78 is 0. The van der Waals surface area contributed by atoms with E-state index in [1.807, 2.05) is 0 Å². The molecule has 1 aromatic rings. The topological polar surface area (TPSA) is 32.5 Å². The summed E-state index contributed by atoms with van der Waals surface area (Å²) in [5.74, 6) is 0. The Bertz CT molecular complexity index is 446. The van der Waals surface area contributed by atoms with Crippen molar-refractivity contribution in [1.29, 1.82) is 0 Å². The number of piperidine rings is 1. The standard InChI is InChI=1S/C17H27N3/c1-14-6-2-3-8-16(14)17(18)13-19-10-11-20-9-5-4-7-15(20)12-19/h2-3,6,8,15,17H,4-5,7,9-13,18H2,1H3. The van der Waals surface area contributed by atoms with E-state index in [0.717, 1.165) is 12.6 Å². The summed E-state index contributed by atoms with van der Waals surface area (Å²) in [4.78, 5) is 5.25. The van der Waals surface area contributed by atoms with Gasteiger partial charge in [-0.2, -0.15) is 0 Å². The Morgan fingerprint density at radius 2 is 2.05 bits per heavy atom. The van der Waals surface area contributed by atoms with Gasteiger partial charge in [-0.1, -0.05) is 30.7 Å². The average molecular weight is 273 g/mol. The summed E-state index contributed by atoms with van der Waals surface area (Å²) in [6.07, 6.45) is 4.16. The van der Waals surface area contributed by atoms with Crippen LogP contribution in [0.4, 0.5) is 0 Å².